The van der Waals surface area contributed by atoms with Crippen molar-refractivity contribution >= 4 is 23.0 Å². The fraction of sp³-hybridized carbons (Fsp3) is 0.700. The standard InChI is InChI=1S/C20H32N2OS/c1-6-15-7-8-18-16(11-15)12-19(24-18)20(23)22-21-17(9-13(2)3)10-14(4)5/h12-15H,6-11H2,1-5H3,(H,22,23)/t15-/m0/s1. The van der Waals surface area contributed by atoms with Gasteiger partial charge in [-0.25, -0.2) is 5.43 Å². The Bertz CT molecular complexity index is 574. The van der Waals surface area contributed by atoms with Crippen LogP contribution < -0.4 is 5.43 Å². The quantitative estimate of drug-likeness (QED) is 0.517. The van der Waals surface area contributed by atoms with Gasteiger partial charge in [0.2, 0.25) is 0 Å². The van der Waals surface area contributed by atoms with E-state index in [-0.39, 0.29) is 5.91 Å². The zero-order chi connectivity index (χ0) is 17.7. The number of hydrogen-bond donors (Lipinski definition) is 1. The summed E-state index contributed by atoms with van der Waals surface area (Å²) in [5.41, 5.74) is 5.29. The Morgan fingerprint density at radius 2 is 1.96 bits per heavy atom. The van der Waals surface area contributed by atoms with Gasteiger partial charge in [0.15, 0.2) is 0 Å². The molecule has 0 unspecified atom stereocenters. The lowest BCUT2D eigenvalue weighted by Crippen LogP contribution is -2.20. The molecule has 0 aliphatic heterocycles. The Morgan fingerprint density at radius 3 is 2.54 bits per heavy atom. The van der Waals surface area contributed by atoms with E-state index in [1.54, 1.807) is 11.3 Å². The van der Waals surface area contributed by atoms with Crippen LogP contribution in [0.1, 0.15) is 80.4 Å². The van der Waals surface area contributed by atoms with Crippen molar-refractivity contribution in [2.24, 2.45) is 22.9 Å². The van der Waals surface area contributed by atoms with Gasteiger partial charge in [-0.15, -0.1) is 11.3 Å². The van der Waals surface area contributed by atoms with E-state index < -0.39 is 0 Å². The fourth-order valence-corrected chi connectivity index (χ4v) is 4.46. The lowest BCUT2D eigenvalue weighted by molar-refractivity contribution is 0.0958. The third kappa shape index (κ3) is 5.44. The first-order chi connectivity index (χ1) is 11.4. The minimum atomic E-state index is -0.0486. The molecule has 24 heavy (non-hydrogen) atoms. The highest BCUT2D eigenvalue weighted by Crippen LogP contribution is 2.33. The number of nitrogens with one attached hydrogen (secondary N) is 1. The molecule has 0 saturated heterocycles. The summed E-state index contributed by atoms with van der Waals surface area (Å²) in [6.45, 7) is 11.0. The molecule has 1 N–H and O–H groups in total. The van der Waals surface area contributed by atoms with Gasteiger partial charge >= 0.3 is 0 Å². The molecule has 1 aliphatic rings. The summed E-state index contributed by atoms with van der Waals surface area (Å²) in [6, 6.07) is 2.09. The molecule has 0 aromatic carbocycles. The van der Waals surface area contributed by atoms with E-state index in [0.717, 1.165) is 42.2 Å². The Kier molecular flexibility index (Phi) is 7.02. The highest BCUT2D eigenvalue weighted by atomic mass is 32.1. The van der Waals surface area contributed by atoms with Crippen molar-refractivity contribution in [3.63, 3.8) is 0 Å². The van der Waals surface area contributed by atoms with Crippen molar-refractivity contribution in [3.05, 3.63) is 21.4 Å². The number of hydrogen-bond acceptors (Lipinski definition) is 3. The minimum Gasteiger partial charge on any atom is -0.266 e. The van der Waals surface area contributed by atoms with E-state index in [1.807, 2.05) is 0 Å². The second-order valence-corrected chi connectivity index (χ2v) is 9.03. The minimum absolute atomic E-state index is 0.0486. The van der Waals surface area contributed by atoms with Gasteiger partial charge in [-0.1, -0.05) is 41.0 Å². The maximum absolute atomic E-state index is 12.5. The van der Waals surface area contributed by atoms with Crippen LogP contribution >= 0.6 is 11.3 Å². The van der Waals surface area contributed by atoms with Crippen molar-refractivity contribution < 1.29 is 4.79 Å². The Hall–Kier alpha value is -1.16. The fourth-order valence-electron chi connectivity index (χ4n) is 3.36. The van der Waals surface area contributed by atoms with Gasteiger partial charge in [0.05, 0.1) is 4.88 Å². The van der Waals surface area contributed by atoms with Crippen molar-refractivity contribution in [2.45, 2.75) is 73.1 Å². The first-order valence-electron chi connectivity index (χ1n) is 9.36. The summed E-state index contributed by atoms with van der Waals surface area (Å²) in [5.74, 6) is 1.84. The molecule has 0 spiro atoms. The van der Waals surface area contributed by atoms with Crippen LogP contribution in [0.3, 0.4) is 0 Å². The molecule has 1 amide bonds. The van der Waals surface area contributed by atoms with E-state index in [9.17, 15) is 4.79 Å². The molecule has 4 heteroatoms. The lowest BCUT2D eigenvalue weighted by atomic mass is 9.87. The summed E-state index contributed by atoms with van der Waals surface area (Å²) >= 11 is 1.65. The predicted octanol–water partition coefficient (Wildman–Crippen LogP) is 5.44. The topological polar surface area (TPSA) is 41.5 Å². The maximum atomic E-state index is 12.5. The molecular weight excluding hydrogens is 316 g/mol. The Labute approximate surface area is 150 Å². The highest BCUT2D eigenvalue weighted by molar-refractivity contribution is 7.14. The number of carbonyl (C=O) groups is 1. The van der Waals surface area contributed by atoms with Gasteiger partial charge in [-0.2, -0.15) is 5.10 Å². The first kappa shape index (κ1) is 19.2. The van der Waals surface area contributed by atoms with Crippen LogP contribution in [0.5, 0.6) is 0 Å². The largest absolute Gasteiger partial charge is 0.281 e. The number of rotatable bonds is 7. The van der Waals surface area contributed by atoms with Gasteiger partial charge in [0.1, 0.15) is 0 Å². The maximum Gasteiger partial charge on any atom is 0.281 e. The third-order valence-corrected chi connectivity index (χ3v) is 5.83. The highest BCUT2D eigenvalue weighted by Gasteiger charge is 2.22. The average Bonchev–Trinajstić information content (AvgIpc) is 2.94. The van der Waals surface area contributed by atoms with E-state index in [2.05, 4.69) is 51.2 Å². The summed E-state index contributed by atoms with van der Waals surface area (Å²) in [6.07, 6.45) is 6.63. The number of nitrogens with zero attached hydrogens (tertiary/aromatic N) is 1. The number of aryl methyl sites for hydroxylation is 1. The number of hydrazone groups is 1. The van der Waals surface area contributed by atoms with Crippen LogP contribution in [0.4, 0.5) is 0 Å². The van der Waals surface area contributed by atoms with E-state index in [1.165, 1.54) is 23.3 Å². The van der Waals surface area contributed by atoms with Crippen LogP contribution in [0.15, 0.2) is 11.2 Å². The van der Waals surface area contributed by atoms with Gasteiger partial charge in [-0.3, -0.25) is 4.79 Å². The smallest absolute Gasteiger partial charge is 0.266 e. The zero-order valence-corrected chi connectivity index (χ0v) is 16.6. The van der Waals surface area contributed by atoms with Crippen molar-refractivity contribution in [1.29, 1.82) is 0 Å². The summed E-state index contributed by atoms with van der Waals surface area (Å²) in [5, 5.41) is 4.44. The summed E-state index contributed by atoms with van der Waals surface area (Å²) in [4.78, 5) is 14.7. The molecule has 3 nitrogen and oxygen atoms in total. The van der Waals surface area contributed by atoms with Crippen molar-refractivity contribution in [1.82, 2.24) is 5.43 Å². The zero-order valence-electron chi connectivity index (χ0n) is 15.8. The Balaban J connectivity index is 2.03. The number of amides is 1. The number of thiophene rings is 1. The second-order valence-electron chi connectivity index (χ2n) is 7.89. The van der Waals surface area contributed by atoms with Gasteiger partial charge < -0.3 is 0 Å². The van der Waals surface area contributed by atoms with Crippen LogP contribution in [0.2, 0.25) is 0 Å². The van der Waals surface area contributed by atoms with Gasteiger partial charge in [0.25, 0.3) is 5.91 Å². The molecule has 134 valence electrons. The van der Waals surface area contributed by atoms with E-state index in [4.69, 9.17) is 0 Å². The van der Waals surface area contributed by atoms with E-state index in [0.29, 0.717) is 11.8 Å². The Morgan fingerprint density at radius 1 is 1.29 bits per heavy atom. The SMILES string of the molecule is CC[C@H]1CCc2sc(C(=O)NN=C(CC(C)C)CC(C)C)cc2C1. The molecule has 0 saturated carbocycles. The molecule has 0 radical (unpaired) electrons. The van der Waals surface area contributed by atoms with Crippen LogP contribution in [0.25, 0.3) is 0 Å². The van der Waals surface area contributed by atoms with Crippen LogP contribution in [-0.2, 0) is 12.8 Å². The molecule has 1 aromatic heterocycles. The van der Waals surface area contributed by atoms with Crippen LogP contribution in [-0.4, -0.2) is 11.6 Å². The first-order valence-corrected chi connectivity index (χ1v) is 10.2. The summed E-state index contributed by atoms with van der Waals surface area (Å²) in [7, 11) is 0. The lowest BCUT2D eigenvalue weighted by Gasteiger charge is -2.19. The molecule has 1 aromatic rings. The van der Waals surface area contributed by atoms with Crippen LogP contribution in [0, 0.1) is 17.8 Å². The van der Waals surface area contributed by atoms with E-state index >= 15 is 0 Å². The predicted molar refractivity (Wildman–Crippen MR) is 104 cm³/mol. The average molecular weight is 349 g/mol. The number of carbonyl (C=O) groups excluding carboxylic acids is 1. The summed E-state index contributed by atoms with van der Waals surface area (Å²) < 4.78 is 0. The molecule has 1 atom stereocenters. The second kappa shape index (κ2) is 8.80. The van der Waals surface area contributed by atoms with Gasteiger partial charge in [-0.05, 0) is 61.5 Å². The molecule has 0 bridgehead atoms. The van der Waals surface area contributed by atoms with Crippen molar-refractivity contribution in [2.75, 3.05) is 0 Å². The van der Waals surface area contributed by atoms with Gasteiger partial charge in [0, 0.05) is 10.6 Å². The normalized spacial score (nSPS) is 17.0. The molecule has 1 heterocycles. The third-order valence-electron chi connectivity index (χ3n) is 4.59. The molecule has 0 fully saturated rings. The van der Waals surface area contributed by atoms with Crippen molar-refractivity contribution in [3.8, 4) is 0 Å². The molecule has 1 aliphatic carbocycles. The monoisotopic (exact) mass is 348 g/mol. The molecule has 2 rings (SSSR count). The number of fused-ring (bicyclic) bond motifs is 1. The molecular formula is C20H32N2OS.